The summed E-state index contributed by atoms with van der Waals surface area (Å²) in [5, 5.41) is 3.67. The number of nitrogens with one attached hydrogen (secondary N) is 1. The summed E-state index contributed by atoms with van der Waals surface area (Å²) in [6.45, 7) is 4.35. The Kier molecular flexibility index (Phi) is 5.82. The Labute approximate surface area is 117 Å². The van der Waals surface area contributed by atoms with E-state index in [0.29, 0.717) is 11.9 Å². The highest BCUT2D eigenvalue weighted by atomic mass is 79.9. The van der Waals surface area contributed by atoms with Crippen LogP contribution in [0.1, 0.15) is 19.4 Å². The fraction of sp³-hybridized carbons (Fsp3) is 0.500. The van der Waals surface area contributed by atoms with E-state index in [2.05, 4.69) is 21.2 Å². The van der Waals surface area contributed by atoms with Crippen LogP contribution in [0.3, 0.4) is 0 Å². The largest absolute Gasteiger partial charge is 0.383 e. The number of hydrogen-bond acceptors (Lipinski definition) is 2. The van der Waals surface area contributed by atoms with E-state index in [1.807, 2.05) is 44.2 Å². The average Bonchev–Trinajstić information content (AvgIpc) is 2.39. The third-order valence-electron chi connectivity index (χ3n) is 2.95. The highest BCUT2D eigenvalue weighted by Gasteiger charge is 2.30. The van der Waals surface area contributed by atoms with Gasteiger partial charge in [0.15, 0.2) is 0 Å². The molecule has 1 unspecified atom stereocenters. The van der Waals surface area contributed by atoms with Gasteiger partial charge in [-0.3, -0.25) is 4.79 Å². The van der Waals surface area contributed by atoms with Crippen LogP contribution in [0.4, 0.5) is 0 Å². The summed E-state index contributed by atoms with van der Waals surface area (Å²) < 4.78 is 5.07. The van der Waals surface area contributed by atoms with Gasteiger partial charge in [0.25, 0.3) is 0 Å². The van der Waals surface area contributed by atoms with Crippen LogP contribution >= 0.6 is 15.9 Å². The molecular formula is C14H20BrNO2. The number of rotatable bonds is 6. The van der Waals surface area contributed by atoms with Crippen LogP contribution < -0.4 is 5.32 Å². The predicted molar refractivity (Wildman–Crippen MR) is 77.1 cm³/mol. The molecule has 0 spiro atoms. The van der Waals surface area contributed by atoms with Crippen LogP contribution in [0.5, 0.6) is 0 Å². The van der Waals surface area contributed by atoms with Crippen molar-refractivity contribution < 1.29 is 9.53 Å². The Morgan fingerprint density at radius 3 is 2.50 bits per heavy atom. The van der Waals surface area contributed by atoms with Gasteiger partial charge >= 0.3 is 0 Å². The molecule has 1 aromatic carbocycles. The molecule has 1 N–H and O–H groups in total. The normalized spacial score (nSPS) is 13.1. The molecule has 0 aliphatic carbocycles. The summed E-state index contributed by atoms with van der Waals surface area (Å²) in [4.78, 5) is 12.3. The van der Waals surface area contributed by atoms with Crippen molar-refractivity contribution in [3.8, 4) is 0 Å². The van der Waals surface area contributed by atoms with Gasteiger partial charge in [0.05, 0.1) is 18.1 Å². The van der Waals surface area contributed by atoms with Gasteiger partial charge in [-0.15, -0.1) is 0 Å². The number of ether oxygens (including phenoxy) is 1. The molecule has 0 aliphatic rings. The van der Waals surface area contributed by atoms with E-state index < -0.39 is 5.41 Å². The molecule has 0 bridgehead atoms. The molecule has 1 rings (SSSR count). The monoisotopic (exact) mass is 313 g/mol. The first-order valence-electron chi connectivity index (χ1n) is 5.93. The molecule has 1 aromatic rings. The van der Waals surface area contributed by atoms with Crippen molar-refractivity contribution in [2.75, 3.05) is 19.0 Å². The van der Waals surface area contributed by atoms with Crippen molar-refractivity contribution in [2.45, 2.75) is 25.3 Å². The zero-order chi connectivity index (χ0) is 13.6. The van der Waals surface area contributed by atoms with E-state index in [1.165, 1.54) is 0 Å². The number of amides is 1. The Morgan fingerprint density at radius 1 is 1.39 bits per heavy atom. The molecule has 0 fully saturated rings. The molecule has 0 aromatic heterocycles. The fourth-order valence-corrected chi connectivity index (χ4v) is 2.03. The number of carbonyl (C=O) groups is 1. The predicted octanol–water partition coefficient (Wildman–Crippen LogP) is 2.49. The van der Waals surface area contributed by atoms with Crippen molar-refractivity contribution in [3.63, 3.8) is 0 Å². The van der Waals surface area contributed by atoms with E-state index in [-0.39, 0.29) is 11.9 Å². The minimum atomic E-state index is -0.546. The molecule has 18 heavy (non-hydrogen) atoms. The number of benzene rings is 1. The van der Waals surface area contributed by atoms with E-state index in [4.69, 9.17) is 4.74 Å². The first-order chi connectivity index (χ1) is 8.52. The number of alkyl halides is 1. The van der Waals surface area contributed by atoms with Crippen LogP contribution in [-0.2, 0) is 14.9 Å². The highest BCUT2D eigenvalue weighted by molar-refractivity contribution is 9.09. The average molecular weight is 314 g/mol. The Morgan fingerprint density at radius 2 is 2.00 bits per heavy atom. The van der Waals surface area contributed by atoms with Gasteiger partial charge < -0.3 is 10.1 Å². The molecule has 100 valence electrons. The minimum absolute atomic E-state index is 0.00881. The molecule has 1 amide bonds. The maximum atomic E-state index is 12.3. The Balaban J connectivity index is 2.76. The molecule has 0 aliphatic heterocycles. The van der Waals surface area contributed by atoms with Gasteiger partial charge in [-0.2, -0.15) is 0 Å². The van der Waals surface area contributed by atoms with Crippen molar-refractivity contribution in [1.82, 2.24) is 5.32 Å². The van der Waals surface area contributed by atoms with Gasteiger partial charge in [0.2, 0.25) is 5.91 Å². The molecule has 0 saturated heterocycles. The molecular weight excluding hydrogens is 294 g/mol. The van der Waals surface area contributed by atoms with E-state index >= 15 is 0 Å². The van der Waals surface area contributed by atoms with E-state index in [0.717, 1.165) is 5.56 Å². The summed E-state index contributed by atoms with van der Waals surface area (Å²) in [6, 6.07) is 9.77. The van der Waals surface area contributed by atoms with Crippen molar-refractivity contribution >= 4 is 21.8 Å². The number of hydrogen-bond donors (Lipinski definition) is 1. The summed E-state index contributed by atoms with van der Waals surface area (Å²) in [5.41, 5.74) is 0.461. The zero-order valence-electron chi connectivity index (χ0n) is 11.1. The molecule has 0 saturated carbocycles. The van der Waals surface area contributed by atoms with Gasteiger partial charge in [-0.1, -0.05) is 46.3 Å². The second-order valence-corrected chi connectivity index (χ2v) is 5.42. The minimum Gasteiger partial charge on any atom is -0.383 e. The van der Waals surface area contributed by atoms with Crippen LogP contribution in [-0.4, -0.2) is 31.0 Å². The molecule has 0 radical (unpaired) electrons. The third-order valence-corrected chi connectivity index (χ3v) is 3.73. The standard InChI is InChI=1S/C14H20BrNO2/c1-14(2,11-7-5-4-6-8-11)13(17)16-12(9-15)10-18-3/h4-8,12H,9-10H2,1-3H3,(H,16,17). The number of halogens is 1. The zero-order valence-corrected chi connectivity index (χ0v) is 12.7. The van der Waals surface area contributed by atoms with E-state index in [1.54, 1.807) is 7.11 Å². The summed E-state index contributed by atoms with van der Waals surface area (Å²) in [6.07, 6.45) is 0. The summed E-state index contributed by atoms with van der Waals surface area (Å²) in [7, 11) is 1.63. The molecule has 4 heteroatoms. The smallest absolute Gasteiger partial charge is 0.230 e. The van der Waals surface area contributed by atoms with Gasteiger partial charge in [0, 0.05) is 12.4 Å². The highest BCUT2D eigenvalue weighted by Crippen LogP contribution is 2.23. The maximum Gasteiger partial charge on any atom is 0.230 e. The van der Waals surface area contributed by atoms with Crippen molar-refractivity contribution in [1.29, 1.82) is 0 Å². The second-order valence-electron chi connectivity index (χ2n) is 4.77. The first kappa shape index (κ1) is 15.2. The topological polar surface area (TPSA) is 38.3 Å². The molecule has 3 nitrogen and oxygen atoms in total. The van der Waals surface area contributed by atoms with Gasteiger partial charge in [0.1, 0.15) is 0 Å². The number of carbonyl (C=O) groups excluding carboxylic acids is 1. The first-order valence-corrected chi connectivity index (χ1v) is 7.06. The lowest BCUT2D eigenvalue weighted by Gasteiger charge is -2.27. The van der Waals surface area contributed by atoms with Crippen LogP contribution in [0.25, 0.3) is 0 Å². The molecule has 0 heterocycles. The quantitative estimate of drug-likeness (QED) is 0.819. The fourth-order valence-electron chi connectivity index (χ4n) is 1.68. The van der Waals surface area contributed by atoms with Gasteiger partial charge in [-0.25, -0.2) is 0 Å². The Hall–Kier alpha value is -0.870. The lowest BCUT2D eigenvalue weighted by atomic mass is 9.83. The summed E-state index contributed by atoms with van der Waals surface area (Å²) >= 11 is 3.37. The third kappa shape index (κ3) is 3.82. The number of methoxy groups -OCH3 is 1. The maximum absolute atomic E-state index is 12.3. The van der Waals surface area contributed by atoms with Crippen LogP contribution in [0, 0.1) is 0 Å². The summed E-state index contributed by atoms with van der Waals surface area (Å²) in [5.74, 6) is 0.00944. The van der Waals surface area contributed by atoms with Crippen molar-refractivity contribution in [3.05, 3.63) is 35.9 Å². The lowest BCUT2D eigenvalue weighted by Crippen LogP contribution is -2.47. The van der Waals surface area contributed by atoms with Crippen LogP contribution in [0.15, 0.2) is 30.3 Å². The lowest BCUT2D eigenvalue weighted by molar-refractivity contribution is -0.126. The second kappa shape index (κ2) is 6.90. The Bertz CT molecular complexity index is 379. The molecule has 1 atom stereocenters. The van der Waals surface area contributed by atoms with Gasteiger partial charge in [-0.05, 0) is 19.4 Å². The van der Waals surface area contributed by atoms with E-state index in [9.17, 15) is 4.79 Å². The SMILES string of the molecule is COCC(CBr)NC(=O)C(C)(C)c1ccccc1. The van der Waals surface area contributed by atoms with Crippen molar-refractivity contribution in [2.24, 2.45) is 0 Å². The van der Waals surface area contributed by atoms with Crippen LogP contribution in [0.2, 0.25) is 0 Å².